The number of imidazole rings is 1. The van der Waals surface area contributed by atoms with E-state index in [1.165, 1.54) is 10.5 Å². The normalized spacial score (nSPS) is 11.5. The van der Waals surface area contributed by atoms with Gasteiger partial charge in [-0.25, -0.2) is 4.98 Å². The van der Waals surface area contributed by atoms with Crippen molar-refractivity contribution in [2.75, 3.05) is 0 Å². The summed E-state index contributed by atoms with van der Waals surface area (Å²) in [6, 6.07) is 6.41. The van der Waals surface area contributed by atoms with Crippen LogP contribution in [0.1, 0.15) is 11.4 Å². The highest BCUT2D eigenvalue weighted by Gasteiger charge is 2.34. The van der Waals surface area contributed by atoms with Gasteiger partial charge < -0.3 is 51.1 Å². The van der Waals surface area contributed by atoms with Crippen molar-refractivity contribution in [1.82, 2.24) is 9.38 Å². The van der Waals surface area contributed by atoms with E-state index in [1.807, 2.05) is 0 Å². The lowest BCUT2D eigenvalue weighted by Crippen LogP contribution is -2.02. The second kappa shape index (κ2) is 7.55. The maximum absolute atomic E-state index is 10.9. The van der Waals surface area contributed by atoms with Crippen molar-refractivity contribution < 1.29 is 51.1 Å². The van der Waals surface area contributed by atoms with Gasteiger partial charge in [-0.05, 0) is 19.2 Å². The van der Waals surface area contributed by atoms with Crippen molar-refractivity contribution in [2.45, 2.75) is 13.8 Å². The molecule has 2 aromatic heterocycles. The van der Waals surface area contributed by atoms with E-state index >= 15 is 0 Å². The first-order chi connectivity index (χ1) is 17.4. The molecule has 0 spiro atoms. The maximum atomic E-state index is 10.9. The number of phenolic OH excluding ortho intramolecular Hbond substituents is 10. The SMILES string of the molecule is Cc1nc2c3ccccc3c(-c3c(O)c(O)c(O)c(O)c3O)c(-c3c(O)c(O)c(O)c(O)c3O)n2c1C. The van der Waals surface area contributed by atoms with Crippen LogP contribution in [-0.2, 0) is 0 Å². The number of fused-ring (bicyclic) bond motifs is 3. The average molecular weight is 508 g/mol. The van der Waals surface area contributed by atoms with Gasteiger partial charge in [-0.2, -0.15) is 0 Å². The molecular weight excluding hydrogens is 488 g/mol. The summed E-state index contributed by atoms with van der Waals surface area (Å²) in [5, 5.41) is 105. The van der Waals surface area contributed by atoms with Crippen LogP contribution in [0.15, 0.2) is 24.3 Å². The molecule has 190 valence electrons. The summed E-state index contributed by atoms with van der Waals surface area (Å²) in [6.07, 6.45) is 0. The number of benzene rings is 3. The fourth-order valence-electron chi connectivity index (χ4n) is 4.52. The summed E-state index contributed by atoms with van der Waals surface area (Å²) in [5.41, 5.74) is -0.598. The topological polar surface area (TPSA) is 220 Å². The number of aromatic nitrogens is 2. The van der Waals surface area contributed by atoms with Gasteiger partial charge in [0.15, 0.2) is 23.0 Å². The van der Waals surface area contributed by atoms with Crippen LogP contribution in [0.3, 0.4) is 0 Å². The molecule has 0 radical (unpaired) electrons. The quantitative estimate of drug-likeness (QED) is 0.123. The third-order valence-corrected chi connectivity index (χ3v) is 6.47. The number of hydrogen-bond donors (Lipinski definition) is 10. The van der Waals surface area contributed by atoms with E-state index in [0.717, 1.165) is 0 Å². The third-order valence-electron chi connectivity index (χ3n) is 6.47. The average Bonchev–Trinajstić information content (AvgIpc) is 3.19. The van der Waals surface area contributed by atoms with Gasteiger partial charge in [0, 0.05) is 16.6 Å². The second-order valence-electron chi connectivity index (χ2n) is 8.45. The van der Waals surface area contributed by atoms with E-state index in [4.69, 9.17) is 0 Å². The Kier molecular flexibility index (Phi) is 4.77. The molecule has 0 unspecified atom stereocenters. The van der Waals surface area contributed by atoms with Crippen LogP contribution in [0.25, 0.3) is 38.8 Å². The number of rotatable bonds is 2. The maximum Gasteiger partial charge on any atom is 0.208 e. The Bertz CT molecular complexity index is 1750. The van der Waals surface area contributed by atoms with E-state index < -0.39 is 68.6 Å². The second-order valence-corrected chi connectivity index (χ2v) is 8.45. The molecule has 12 nitrogen and oxygen atoms in total. The molecule has 0 saturated carbocycles. The molecule has 0 aliphatic carbocycles. The Balaban J connectivity index is 2.20. The fraction of sp³-hybridized carbons (Fsp3) is 0.0800. The van der Waals surface area contributed by atoms with Crippen LogP contribution in [0.4, 0.5) is 0 Å². The van der Waals surface area contributed by atoms with Gasteiger partial charge in [-0.15, -0.1) is 0 Å². The lowest BCUT2D eigenvalue weighted by molar-refractivity contribution is 0.329. The van der Waals surface area contributed by atoms with Crippen LogP contribution in [0, 0.1) is 13.8 Å². The van der Waals surface area contributed by atoms with E-state index in [0.29, 0.717) is 16.8 Å². The van der Waals surface area contributed by atoms with Gasteiger partial charge in [0.05, 0.1) is 22.5 Å². The Hall–Kier alpha value is -5.39. The summed E-state index contributed by atoms with van der Waals surface area (Å²) >= 11 is 0. The Morgan fingerprint density at radius 1 is 0.514 bits per heavy atom. The molecular formula is C25H20N2O10. The van der Waals surface area contributed by atoms with E-state index in [1.54, 1.807) is 32.0 Å². The summed E-state index contributed by atoms with van der Waals surface area (Å²) in [5.74, 6) is -11.4. The van der Waals surface area contributed by atoms with Crippen LogP contribution in [-0.4, -0.2) is 60.4 Å². The zero-order valence-electron chi connectivity index (χ0n) is 19.2. The molecule has 0 saturated heterocycles. The Morgan fingerprint density at radius 2 is 0.919 bits per heavy atom. The molecule has 2 heterocycles. The fourth-order valence-corrected chi connectivity index (χ4v) is 4.52. The molecule has 0 aliphatic rings. The van der Waals surface area contributed by atoms with Crippen molar-refractivity contribution in [3.05, 3.63) is 35.7 Å². The Morgan fingerprint density at radius 3 is 1.41 bits per heavy atom. The molecule has 0 atom stereocenters. The number of aromatic hydroxyl groups is 10. The zero-order valence-corrected chi connectivity index (χ0v) is 19.2. The number of aryl methyl sites for hydroxylation is 2. The summed E-state index contributed by atoms with van der Waals surface area (Å²) in [7, 11) is 0. The molecule has 0 aliphatic heterocycles. The van der Waals surface area contributed by atoms with Crippen molar-refractivity contribution in [1.29, 1.82) is 0 Å². The highest BCUT2D eigenvalue weighted by atomic mass is 16.4. The largest absolute Gasteiger partial charge is 0.504 e. The van der Waals surface area contributed by atoms with E-state index in [2.05, 4.69) is 4.98 Å². The smallest absolute Gasteiger partial charge is 0.208 e. The number of hydrogen-bond acceptors (Lipinski definition) is 11. The first-order valence-corrected chi connectivity index (χ1v) is 10.7. The van der Waals surface area contributed by atoms with Crippen LogP contribution >= 0.6 is 0 Å². The molecule has 0 amide bonds. The van der Waals surface area contributed by atoms with Crippen molar-refractivity contribution >= 4 is 16.4 Å². The van der Waals surface area contributed by atoms with Gasteiger partial charge in [0.25, 0.3) is 0 Å². The van der Waals surface area contributed by atoms with E-state index in [-0.39, 0.29) is 22.3 Å². The summed E-state index contributed by atoms with van der Waals surface area (Å²) < 4.78 is 1.39. The van der Waals surface area contributed by atoms with Gasteiger partial charge >= 0.3 is 0 Å². The minimum absolute atomic E-state index is 0.205. The predicted molar refractivity (Wildman–Crippen MR) is 130 cm³/mol. The molecule has 3 aromatic carbocycles. The van der Waals surface area contributed by atoms with Crippen LogP contribution in [0.5, 0.6) is 57.5 Å². The zero-order chi connectivity index (χ0) is 27.1. The minimum atomic E-state index is -1.21. The molecule has 5 rings (SSSR count). The van der Waals surface area contributed by atoms with Gasteiger partial charge in [0.2, 0.25) is 34.5 Å². The molecule has 0 fully saturated rings. The lowest BCUT2D eigenvalue weighted by Gasteiger charge is -2.22. The first kappa shape index (κ1) is 23.4. The van der Waals surface area contributed by atoms with Gasteiger partial charge in [-0.1, -0.05) is 24.3 Å². The van der Waals surface area contributed by atoms with Crippen LogP contribution in [0.2, 0.25) is 0 Å². The predicted octanol–water partition coefficient (Wildman–Crippen LogP) is 3.49. The lowest BCUT2D eigenvalue weighted by atomic mass is 9.90. The monoisotopic (exact) mass is 508 g/mol. The molecule has 10 N–H and O–H groups in total. The van der Waals surface area contributed by atoms with E-state index in [9.17, 15) is 51.1 Å². The molecule has 5 aromatic rings. The number of pyridine rings is 1. The van der Waals surface area contributed by atoms with Crippen molar-refractivity contribution in [3.8, 4) is 79.9 Å². The standard InChI is InChI=1S/C25H20N2O10/c1-7-8(2)27-14(13-17(30)21(34)24(37)22(35)18(13)31)11(9-5-3-4-6-10(9)25(27)26-7)12-15(28)19(32)23(36)20(33)16(12)29/h3-6,28-37H,1-2H3. The third kappa shape index (κ3) is 2.86. The summed E-state index contributed by atoms with van der Waals surface area (Å²) in [6.45, 7) is 3.29. The van der Waals surface area contributed by atoms with Crippen LogP contribution < -0.4 is 0 Å². The molecule has 12 heteroatoms. The summed E-state index contributed by atoms with van der Waals surface area (Å²) in [4.78, 5) is 4.54. The van der Waals surface area contributed by atoms with Crippen molar-refractivity contribution in [2.24, 2.45) is 0 Å². The molecule has 37 heavy (non-hydrogen) atoms. The highest BCUT2D eigenvalue weighted by Crippen LogP contribution is 2.61. The molecule has 0 bridgehead atoms. The Labute approximate surface area is 206 Å². The van der Waals surface area contributed by atoms with Gasteiger partial charge in [0.1, 0.15) is 5.65 Å². The number of phenols is 10. The van der Waals surface area contributed by atoms with Gasteiger partial charge in [-0.3, -0.25) is 4.40 Å². The highest BCUT2D eigenvalue weighted by molar-refractivity contribution is 6.12. The first-order valence-electron chi connectivity index (χ1n) is 10.7. The van der Waals surface area contributed by atoms with Crippen molar-refractivity contribution in [3.63, 3.8) is 0 Å². The number of nitrogens with zero attached hydrogens (tertiary/aromatic N) is 2. The minimum Gasteiger partial charge on any atom is -0.504 e.